The van der Waals surface area contributed by atoms with E-state index in [0.29, 0.717) is 12.1 Å². The molecule has 0 saturated heterocycles. The van der Waals surface area contributed by atoms with Gasteiger partial charge in [0.15, 0.2) is 0 Å². The van der Waals surface area contributed by atoms with Gasteiger partial charge in [-0.3, -0.25) is 0 Å². The molecule has 0 radical (unpaired) electrons. The number of thioether (sulfide) groups is 1. The van der Waals surface area contributed by atoms with Gasteiger partial charge in [0.05, 0.1) is 20.5 Å². The van der Waals surface area contributed by atoms with Crippen LogP contribution < -0.4 is 5.73 Å². The number of halogens is 5. The Bertz CT molecular complexity index is 1160. The average molecular weight is 482 g/mol. The molecule has 12 heteroatoms. The number of nitrogens with zero attached hydrogens (tertiary/aromatic N) is 2. The summed E-state index contributed by atoms with van der Waals surface area (Å²) in [6.07, 6.45) is -3.07. The molecule has 0 saturated carbocycles. The highest BCUT2D eigenvalue weighted by atomic mass is 35.5. The van der Waals surface area contributed by atoms with Crippen molar-refractivity contribution in [1.29, 1.82) is 0 Å². The van der Waals surface area contributed by atoms with E-state index in [9.17, 15) is 21.6 Å². The number of nitrogens with two attached hydrogens (primary N) is 1. The van der Waals surface area contributed by atoms with Crippen LogP contribution in [0.3, 0.4) is 0 Å². The monoisotopic (exact) mass is 481 g/mol. The minimum Gasteiger partial charge on any atom is -0.382 e. The number of hydrogen-bond acceptors (Lipinski definition) is 5. The number of anilines is 1. The normalized spacial score (nSPS) is 12.3. The van der Waals surface area contributed by atoms with Gasteiger partial charge in [-0.05, 0) is 30.5 Å². The molecule has 1 aromatic heterocycles. The van der Waals surface area contributed by atoms with Crippen LogP contribution in [0.1, 0.15) is 5.56 Å². The highest BCUT2D eigenvalue weighted by molar-refractivity contribution is 7.99. The number of aromatic nitrogens is 2. The van der Waals surface area contributed by atoms with E-state index < -0.39 is 21.6 Å². The van der Waals surface area contributed by atoms with E-state index in [4.69, 9.17) is 28.9 Å². The Morgan fingerprint density at radius 2 is 1.66 bits per heavy atom. The van der Waals surface area contributed by atoms with Crippen LogP contribution in [0.4, 0.5) is 19.0 Å². The second kappa shape index (κ2) is 7.75. The molecular weight excluding hydrogens is 470 g/mol. The van der Waals surface area contributed by atoms with Gasteiger partial charge in [-0.2, -0.15) is 18.3 Å². The van der Waals surface area contributed by atoms with Crippen LogP contribution in [-0.2, 0) is 16.0 Å². The molecule has 0 aliphatic rings. The Morgan fingerprint density at radius 3 is 2.14 bits per heavy atom. The molecule has 0 amide bonds. The van der Waals surface area contributed by atoms with Gasteiger partial charge in [-0.1, -0.05) is 41.4 Å². The maximum Gasteiger partial charge on any atom is 0.416 e. The number of alkyl halides is 3. The predicted octanol–water partition coefficient (Wildman–Crippen LogP) is 5.33. The summed E-state index contributed by atoms with van der Waals surface area (Å²) in [6, 6.07) is 8.90. The lowest BCUT2D eigenvalue weighted by atomic mass is 10.2. The first-order valence-corrected chi connectivity index (χ1v) is 11.2. The Morgan fingerprint density at radius 1 is 1.10 bits per heavy atom. The molecule has 0 bridgehead atoms. The summed E-state index contributed by atoms with van der Waals surface area (Å²) in [5.74, 6) is -0.318. The zero-order valence-electron chi connectivity index (χ0n) is 14.5. The van der Waals surface area contributed by atoms with Crippen molar-refractivity contribution in [2.45, 2.75) is 21.0 Å². The van der Waals surface area contributed by atoms with Crippen molar-refractivity contribution in [3.63, 3.8) is 0 Å². The molecule has 0 spiro atoms. The lowest BCUT2D eigenvalue weighted by Gasteiger charge is -2.13. The van der Waals surface area contributed by atoms with E-state index in [2.05, 4.69) is 5.10 Å². The van der Waals surface area contributed by atoms with Crippen LogP contribution in [-0.4, -0.2) is 24.5 Å². The number of nitrogen functional groups attached to an aromatic ring is 1. The molecule has 0 unspecified atom stereocenters. The molecular formula is C17H12Cl2F3N3O2S2. The van der Waals surface area contributed by atoms with E-state index >= 15 is 0 Å². The summed E-state index contributed by atoms with van der Waals surface area (Å²) in [7, 11) is -4.05. The van der Waals surface area contributed by atoms with Gasteiger partial charge >= 0.3 is 6.18 Å². The molecule has 154 valence electrons. The molecule has 1 heterocycles. The standard InChI is InChI=1S/C17H12Cl2F3N3O2S2/c1-28-16-14(29(26,27)10-5-3-2-4-6-10)15(23)25(24-16)13-11(18)7-9(8-12(13)19)17(20,21)22/h2-8H,23H2,1H3. The van der Waals surface area contributed by atoms with Gasteiger partial charge in [-0.15, -0.1) is 11.8 Å². The second-order valence-corrected chi connectivity index (χ2v) is 9.23. The maximum absolute atomic E-state index is 13.1. The van der Waals surface area contributed by atoms with Gasteiger partial charge in [0.1, 0.15) is 21.4 Å². The molecule has 2 aromatic carbocycles. The first kappa shape index (κ1) is 21.8. The fourth-order valence-electron chi connectivity index (χ4n) is 2.60. The third-order valence-corrected chi connectivity index (χ3v) is 7.13. The molecule has 2 N–H and O–H groups in total. The van der Waals surface area contributed by atoms with Crippen molar-refractivity contribution in [3.05, 3.63) is 58.1 Å². The van der Waals surface area contributed by atoms with Gasteiger partial charge in [0.25, 0.3) is 0 Å². The second-order valence-electron chi connectivity index (χ2n) is 5.74. The number of benzene rings is 2. The van der Waals surface area contributed by atoms with E-state index in [1.54, 1.807) is 24.5 Å². The van der Waals surface area contributed by atoms with Crippen LogP contribution in [0, 0.1) is 0 Å². The molecule has 29 heavy (non-hydrogen) atoms. The summed E-state index contributed by atoms with van der Waals surface area (Å²) in [4.78, 5) is -0.283. The summed E-state index contributed by atoms with van der Waals surface area (Å²) in [5, 5.41) is 3.42. The predicted molar refractivity (Wildman–Crippen MR) is 107 cm³/mol. The topological polar surface area (TPSA) is 78.0 Å². The molecule has 0 fully saturated rings. The van der Waals surface area contributed by atoms with Crippen molar-refractivity contribution < 1.29 is 21.6 Å². The fourth-order valence-corrected chi connectivity index (χ4v) is 5.66. The Balaban J connectivity index is 2.25. The highest BCUT2D eigenvalue weighted by Gasteiger charge is 2.34. The fraction of sp³-hybridized carbons (Fsp3) is 0.118. The molecule has 0 aliphatic heterocycles. The quantitative estimate of drug-likeness (QED) is 0.509. The van der Waals surface area contributed by atoms with E-state index in [0.717, 1.165) is 16.4 Å². The molecule has 3 aromatic rings. The molecule has 0 atom stereocenters. The number of rotatable bonds is 4. The third kappa shape index (κ3) is 3.94. The molecule has 5 nitrogen and oxygen atoms in total. The number of hydrogen-bond donors (Lipinski definition) is 1. The smallest absolute Gasteiger partial charge is 0.382 e. The van der Waals surface area contributed by atoms with Crippen LogP contribution in [0.2, 0.25) is 10.0 Å². The van der Waals surface area contributed by atoms with Crippen LogP contribution in [0.25, 0.3) is 5.69 Å². The van der Waals surface area contributed by atoms with Crippen LogP contribution >= 0.6 is 35.0 Å². The molecule has 3 rings (SSSR count). The summed E-state index contributed by atoms with van der Waals surface area (Å²) in [6.45, 7) is 0. The van der Waals surface area contributed by atoms with Crippen LogP contribution in [0.15, 0.2) is 57.3 Å². The van der Waals surface area contributed by atoms with Crippen LogP contribution in [0.5, 0.6) is 0 Å². The minimum atomic E-state index is -4.66. The Labute approximate surface area is 178 Å². The van der Waals surface area contributed by atoms with E-state index in [-0.39, 0.29) is 36.4 Å². The SMILES string of the molecule is CSc1nn(-c2c(Cl)cc(C(F)(F)F)cc2Cl)c(N)c1S(=O)(=O)c1ccccc1. The Kier molecular flexibility index (Phi) is 5.83. The van der Waals surface area contributed by atoms with Crippen molar-refractivity contribution in [2.24, 2.45) is 0 Å². The van der Waals surface area contributed by atoms with Gasteiger partial charge in [0, 0.05) is 0 Å². The summed E-state index contributed by atoms with van der Waals surface area (Å²) >= 11 is 13.1. The van der Waals surface area contributed by atoms with Crippen molar-refractivity contribution in [1.82, 2.24) is 9.78 Å². The Hall–Kier alpha value is -1.88. The first-order chi connectivity index (χ1) is 13.5. The van der Waals surface area contributed by atoms with Gasteiger partial charge in [-0.25, -0.2) is 13.1 Å². The lowest BCUT2D eigenvalue weighted by molar-refractivity contribution is -0.137. The third-order valence-electron chi connectivity index (χ3n) is 3.92. The van der Waals surface area contributed by atoms with Crippen molar-refractivity contribution in [3.8, 4) is 5.69 Å². The zero-order chi connectivity index (χ0) is 21.6. The highest BCUT2D eigenvalue weighted by Crippen LogP contribution is 2.41. The number of sulfone groups is 1. The maximum atomic E-state index is 13.1. The van der Waals surface area contributed by atoms with Crippen molar-refractivity contribution >= 4 is 50.6 Å². The van der Waals surface area contributed by atoms with Gasteiger partial charge < -0.3 is 5.73 Å². The van der Waals surface area contributed by atoms with E-state index in [1.807, 2.05) is 0 Å². The van der Waals surface area contributed by atoms with E-state index in [1.165, 1.54) is 12.1 Å². The van der Waals surface area contributed by atoms with Gasteiger partial charge in [0.2, 0.25) is 9.84 Å². The molecule has 0 aliphatic carbocycles. The van der Waals surface area contributed by atoms with Crippen molar-refractivity contribution in [2.75, 3.05) is 12.0 Å². The summed E-state index contributed by atoms with van der Waals surface area (Å²) < 4.78 is 66.0. The summed E-state index contributed by atoms with van der Waals surface area (Å²) in [5.41, 5.74) is 4.86. The minimum absolute atomic E-state index is 0.00818. The average Bonchev–Trinajstić information content (AvgIpc) is 2.98. The zero-order valence-corrected chi connectivity index (χ0v) is 17.7. The largest absolute Gasteiger partial charge is 0.416 e. The lowest BCUT2D eigenvalue weighted by Crippen LogP contribution is -2.10. The first-order valence-electron chi connectivity index (χ1n) is 7.77.